The summed E-state index contributed by atoms with van der Waals surface area (Å²) in [4.78, 5) is 4.56. The summed E-state index contributed by atoms with van der Waals surface area (Å²) >= 11 is 0. The van der Waals surface area contributed by atoms with Gasteiger partial charge >= 0.3 is 0 Å². The van der Waals surface area contributed by atoms with Gasteiger partial charge in [-0.15, -0.1) is 0 Å². The molecule has 23 heavy (non-hydrogen) atoms. The Morgan fingerprint density at radius 1 is 1.17 bits per heavy atom. The topological polar surface area (TPSA) is 75.2 Å². The molecule has 0 N–H and O–H groups in total. The Kier molecular flexibility index (Phi) is 3.89. The van der Waals surface area contributed by atoms with Crippen LogP contribution in [0.3, 0.4) is 0 Å². The largest absolute Gasteiger partial charge is 0.302 e. The third-order valence-electron chi connectivity index (χ3n) is 3.69. The van der Waals surface area contributed by atoms with E-state index in [4.69, 9.17) is 5.26 Å². The number of benzene rings is 1. The third kappa shape index (κ3) is 2.83. The van der Waals surface area contributed by atoms with E-state index in [2.05, 4.69) is 11.1 Å². The van der Waals surface area contributed by atoms with Gasteiger partial charge in [-0.05, 0) is 24.6 Å². The first-order valence-electron chi connectivity index (χ1n) is 7.13. The van der Waals surface area contributed by atoms with E-state index in [0.29, 0.717) is 11.3 Å². The summed E-state index contributed by atoms with van der Waals surface area (Å²) in [5.74, 6) is -0.0764. The van der Waals surface area contributed by atoms with Crippen molar-refractivity contribution in [3.8, 4) is 6.07 Å². The third-order valence-corrected chi connectivity index (χ3v) is 5.40. The van der Waals surface area contributed by atoms with Gasteiger partial charge in [-0.3, -0.25) is 0 Å². The molecule has 3 aromatic rings. The van der Waals surface area contributed by atoms with Gasteiger partial charge in [-0.25, -0.2) is 13.4 Å². The monoisotopic (exact) mass is 325 g/mol. The second-order valence-electron chi connectivity index (χ2n) is 5.29. The molecule has 0 bridgehead atoms. The van der Waals surface area contributed by atoms with Gasteiger partial charge in [0.15, 0.2) is 15.5 Å². The Hall–Kier alpha value is -2.65. The number of pyridine rings is 1. The molecule has 6 heteroatoms. The number of aryl methyl sites for hydroxylation is 1. The fraction of sp³-hybridized carbons (Fsp3) is 0.176. The van der Waals surface area contributed by atoms with E-state index < -0.39 is 9.84 Å². The van der Waals surface area contributed by atoms with Crippen molar-refractivity contribution in [3.63, 3.8) is 0 Å². The fourth-order valence-corrected chi connectivity index (χ4v) is 4.10. The van der Waals surface area contributed by atoms with Gasteiger partial charge in [0.2, 0.25) is 0 Å². The van der Waals surface area contributed by atoms with E-state index in [-0.39, 0.29) is 17.1 Å². The number of rotatable bonds is 4. The Bertz CT molecular complexity index is 999. The highest BCUT2D eigenvalue weighted by molar-refractivity contribution is 7.90. The molecule has 0 aliphatic rings. The van der Waals surface area contributed by atoms with Crippen LogP contribution in [0.5, 0.6) is 0 Å². The number of hydrogen-bond acceptors (Lipinski definition) is 4. The Morgan fingerprint density at radius 3 is 2.61 bits per heavy atom. The molecule has 0 amide bonds. The second kappa shape index (κ2) is 5.86. The first kappa shape index (κ1) is 15.3. The van der Waals surface area contributed by atoms with E-state index in [1.807, 2.05) is 18.2 Å². The van der Waals surface area contributed by atoms with Crippen molar-refractivity contribution in [3.05, 3.63) is 65.6 Å². The number of nitriles is 1. The standard InChI is InChI=1S/C17H15N3O2S/c1-13-15(9-10-18)20-11-5-8-16(17(20)19-13)23(21,22)12-14-6-3-2-4-7-14/h2-8,11H,9,12H2,1H3. The zero-order valence-corrected chi connectivity index (χ0v) is 13.4. The van der Waals surface area contributed by atoms with Crippen molar-refractivity contribution in [2.45, 2.75) is 24.0 Å². The first-order valence-corrected chi connectivity index (χ1v) is 8.78. The summed E-state index contributed by atoms with van der Waals surface area (Å²) in [5, 5.41) is 8.94. The Morgan fingerprint density at radius 2 is 1.91 bits per heavy atom. The minimum Gasteiger partial charge on any atom is -0.302 e. The lowest BCUT2D eigenvalue weighted by Gasteiger charge is -2.07. The van der Waals surface area contributed by atoms with Crippen LogP contribution in [0.25, 0.3) is 5.65 Å². The van der Waals surface area contributed by atoms with E-state index in [1.165, 1.54) is 0 Å². The van der Waals surface area contributed by atoms with Gasteiger partial charge in [0.1, 0.15) is 4.90 Å². The van der Waals surface area contributed by atoms with Crippen LogP contribution in [-0.2, 0) is 22.0 Å². The smallest absolute Gasteiger partial charge is 0.186 e. The molecule has 3 rings (SSSR count). The minimum atomic E-state index is -3.52. The molecule has 2 heterocycles. The summed E-state index contributed by atoms with van der Waals surface area (Å²) in [6, 6.07) is 14.4. The molecule has 116 valence electrons. The Labute approximate surface area is 134 Å². The number of nitrogens with zero attached hydrogens (tertiary/aromatic N) is 3. The van der Waals surface area contributed by atoms with Crippen LogP contribution in [0.4, 0.5) is 0 Å². The molecule has 0 aliphatic heterocycles. The summed E-state index contributed by atoms with van der Waals surface area (Å²) in [6.45, 7) is 1.78. The van der Waals surface area contributed by atoms with Gasteiger partial charge < -0.3 is 4.40 Å². The van der Waals surface area contributed by atoms with Gasteiger partial charge in [0, 0.05) is 6.20 Å². The van der Waals surface area contributed by atoms with Gasteiger partial charge in [-0.1, -0.05) is 30.3 Å². The highest BCUT2D eigenvalue weighted by Gasteiger charge is 2.21. The molecular weight excluding hydrogens is 310 g/mol. The lowest BCUT2D eigenvalue weighted by Crippen LogP contribution is -2.07. The minimum absolute atomic E-state index is 0.0764. The second-order valence-corrected chi connectivity index (χ2v) is 7.25. The number of sulfone groups is 1. The van der Waals surface area contributed by atoms with Crippen LogP contribution in [0.15, 0.2) is 53.6 Å². The van der Waals surface area contributed by atoms with E-state index in [1.54, 1.807) is 41.8 Å². The molecule has 0 saturated heterocycles. The molecule has 0 fully saturated rings. The van der Waals surface area contributed by atoms with E-state index >= 15 is 0 Å². The number of aromatic nitrogens is 2. The van der Waals surface area contributed by atoms with Gasteiger partial charge in [-0.2, -0.15) is 5.26 Å². The van der Waals surface area contributed by atoms with Crippen LogP contribution in [0.1, 0.15) is 17.0 Å². The van der Waals surface area contributed by atoms with Gasteiger partial charge in [0.25, 0.3) is 0 Å². The molecule has 0 saturated carbocycles. The van der Waals surface area contributed by atoms with Crippen LogP contribution in [0.2, 0.25) is 0 Å². The fourth-order valence-electron chi connectivity index (χ4n) is 2.61. The van der Waals surface area contributed by atoms with Crippen LogP contribution in [-0.4, -0.2) is 17.8 Å². The van der Waals surface area contributed by atoms with Crippen molar-refractivity contribution >= 4 is 15.5 Å². The predicted octanol–water partition coefficient (Wildman–Crippen LogP) is 2.68. The van der Waals surface area contributed by atoms with Crippen molar-refractivity contribution in [2.75, 3.05) is 0 Å². The van der Waals surface area contributed by atoms with Crippen molar-refractivity contribution in [2.24, 2.45) is 0 Å². The van der Waals surface area contributed by atoms with E-state index in [0.717, 1.165) is 11.3 Å². The average Bonchev–Trinajstić information content (AvgIpc) is 2.84. The van der Waals surface area contributed by atoms with Crippen molar-refractivity contribution in [1.29, 1.82) is 5.26 Å². The molecule has 0 radical (unpaired) electrons. The van der Waals surface area contributed by atoms with E-state index in [9.17, 15) is 8.42 Å². The molecule has 0 atom stereocenters. The van der Waals surface area contributed by atoms with Crippen LogP contribution in [0, 0.1) is 18.3 Å². The zero-order chi connectivity index (χ0) is 16.4. The molecule has 0 unspecified atom stereocenters. The Balaban J connectivity index is 2.13. The number of imidazole rings is 1. The molecule has 0 aliphatic carbocycles. The lowest BCUT2D eigenvalue weighted by molar-refractivity contribution is 0.595. The highest BCUT2D eigenvalue weighted by Crippen LogP contribution is 2.23. The molecule has 0 spiro atoms. The molecule has 1 aromatic carbocycles. The maximum atomic E-state index is 12.8. The summed E-state index contributed by atoms with van der Waals surface area (Å²) in [5.41, 5.74) is 2.51. The number of fused-ring (bicyclic) bond motifs is 1. The zero-order valence-electron chi connectivity index (χ0n) is 12.6. The summed E-state index contributed by atoms with van der Waals surface area (Å²) in [6.07, 6.45) is 1.93. The van der Waals surface area contributed by atoms with Crippen molar-refractivity contribution in [1.82, 2.24) is 9.38 Å². The normalized spacial score (nSPS) is 11.5. The van der Waals surface area contributed by atoms with Crippen LogP contribution >= 0.6 is 0 Å². The summed E-state index contributed by atoms with van der Waals surface area (Å²) < 4.78 is 27.2. The first-order chi connectivity index (χ1) is 11.0. The summed E-state index contributed by atoms with van der Waals surface area (Å²) in [7, 11) is -3.52. The highest BCUT2D eigenvalue weighted by atomic mass is 32.2. The van der Waals surface area contributed by atoms with Crippen LogP contribution < -0.4 is 0 Å². The molecular formula is C17H15N3O2S. The molecule has 2 aromatic heterocycles. The predicted molar refractivity (Wildman–Crippen MR) is 86.6 cm³/mol. The SMILES string of the molecule is Cc1nc2c(S(=O)(=O)Cc3ccccc3)cccn2c1CC#N. The maximum Gasteiger partial charge on any atom is 0.186 e. The quantitative estimate of drug-likeness (QED) is 0.739. The number of hydrogen-bond donors (Lipinski definition) is 0. The maximum absolute atomic E-state index is 12.8. The lowest BCUT2D eigenvalue weighted by atomic mass is 10.2. The van der Waals surface area contributed by atoms with Crippen molar-refractivity contribution < 1.29 is 8.42 Å². The average molecular weight is 325 g/mol. The molecule has 5 nitrogen and oxygen atoms in total. The van der Waals surface area contributed by atoms with Gasteiger partial charge in [0.05, 0.1) is 29.6 Å².